The van der Waals surface area contributed by atoms with Crippen molar-refractivity contribution in [2.75, 3.05) is 14.2 Å². The van der Waals surface area contributed by atoms with Crippen LogP contribution >= 0.6 is 15.9 Å². The van der Waals surface area contributed by atoms with E-state index < -0.39 is 0 Å². The first kappa shape index (κ1) is 15.5. The van der Waals surface area contributed by atoms with Gasteiger partial charge >= 0.3 is 0 Å². The maximum absolute atomic E-state index is 13.2. The molecule has 0 aliphatic heterocycles. The van der Waals surface area contributed by atoms with Crippen LogP contribution in [0, 0.1) is 5.82 Å². The molecule has 0 atom stereocenters. The number of Topliss-reactive ketones (excluding diaryl/α,β-unsaturated/α-hetero) is 1. The molecule has 0 radical (unpaired) electrons. The van der Waals surface area contributed by atoms with Crippen molar-refractivity contribution in [3.05, 3.63) is 57.8 Å². The second kappa shape index (κ2) is 6.72. The van der Waals surface area contributed by atoms with Gasteiger partial charge in [-0.05, 0) is 39.7 Å². The Morgan fingerprint density at radius 2 is 1.95 bits per heavy atom. The number of ketones is 1. The van der Waals surface area contributed by atoms with E-state index in [9.17, 15) is 9.18 Å². The molecule has 110 valence electrons. The minimum Gasteiger partial charge on any atom is -0.497 e. The summed E-state index contributed by atoms with van der Waals surface area (Å²) in [6, 6.07) is 9.33. The largest absolute Gasteiger partial charge is 0.497 e. The van der Waals surface area contributed by atoms with Crippen LogP contribution in [0.25, 0.3) is 0 Å². The molecular weight excluding hydrogens is 339 g/mol. The van der Waals surface area contributed by atoms with E-state index in [4.69, 9.17) is 9.47 Å². The molecule has 2 aromatic carbocycles. The van der Waals surface area contributed by atoms with Gasteiger partial charge in [0.2, 0.25) is 0 Å². The molecule has 0 amide bonds. The Labute approximate surface area is 130 Å². The fraction of sp³-hybridized carbons (Fsp3) is 0.188. The molecule has 2 rings (SSSR count). The molecule has 0 heterocycles. The van der Waals surface area contributed by atoms with Crippen LogP contribution in [-0.2, 0) is 6.42 Å². The molecule has 0 saturated carbocycles. The Kier molecular flexibility index (Phi) is 4.96. The molecule has 0 aliphatic rings. The minimum atomic E-state index is -0.360. The molecule has 0 unspecified atom stereocenters. The number of hydrogen-bond acceptors (Lipinski definition) is 3. The van der Waals surface area contributed by atoms with Gasteiger partial charge in [0.15, 0.2) is 5.78 Å². The van der Waals surface area contributed by atoms with Crippen molar-refractivity contribution in [2.45, 2.75) is 6.42 Å². The SMILES string of the molecule is COc1cc(Br)c(C(=O)Cc2cccc(F)c2)c(OC)c1. The lowest BCUT2D eigenvalue weighted by Gasteiger charge is -2.12. The molecule has 0 saturated heterocycles. The molecule has 2 aromatic rings. The van der Waals surface area contributed by atoms with Crippen molar-refractivity contribution in [2.24, 2.45) is 0 Å². The van der Waals surface area contributed by atoms with Crippen LogP contribution in [0.4, 0.5) is 4.39 Å². The van der Waals surface area contributed by atoms with Crippen molar-refractivity contribution in [3.63, 3.8) is 0 Å². The van der Waals surface area contributed by atoms with Crippen LogP contribution in [0.3, 0.4) is 0 Å². The van der Waals surface area contributed by atoms with Crippen LogP contribution in [0.15, 0.2) is 40.9 Å². The van der Waals surface area contributed by atoms with E-state index in [-0.39, 0.29) is 18.0 Å². The summed E-state index contributed by atoms with van der Waals surface area (Å²) in [6.07, 6.45) is 0.0963. The fourth-order valence-electron chi connectivity index (χ4n) is 2.03. The zero-order valence-electron chi connectivity index (χ0n) is 11.7. The van der Waals surface area contributed by atoms with Gasteiger partial charge in [-0.2, -0.15) is 0 Å². The normalized spacial score (nSPS) is 10.3. The van der Waals surface area contributed by atoms with E-state index in [0.29, 0.717) is 27.1 Å². The number of hydrogen-bond donors (Lipinski definition) is 0. The Morgan fingerprint density at radius 3 is 2.57 bits per heavy atom. The minimum absolute atomic E-state index is 0.0963. The summed E-state index contributed by atoms with van der Waals surface area (Å²) in [7, 11) is 3.02. The lowest BCUT2D eigenvalue weighted by molar-refractivity contribution is 0.0989. The van der Waals surface area contributed by atoms with E-state index in [1.54, 1.807) is 24.3 Å². The highest BCUT2D eigenvalue weighted by atomic mass is 79.9. The third-order valence-electron chi connectivity index (χ3n) is 3.02. The smallest absolute Gasteiger partial charge is 0.172 e. The Balaban J connectivity index is 2.34. The summed E-state index contributed by atoms with van der Waals surface area (Å²) >= 11 is 3.35. The Hall–Kier alpha value is -1.88. The molecule has 5 heteroatoms. The molecule has 0 fully saturated rings. The van der Waals surface area contributed by atoms with Gasteiger partial charge in [-0.25, -0.2) is 4.39 Å². The number of carbonyl (C=O) groups excluding carboxylic acids is 1. The summed E-state index contributed by atoms with van der Waals surface area (Å²) in [5, 5.41) is 0. The van der Waals surface area contributed by atoms with Crippen molar-refractivity contribution >= 4 is 21.7 Å². The molecular formula is C16H14BrFO3. The fourth-order valence-corrected chi connectivity index (χ4v) is 2.67. The third-order valence-corrected chi connectivity index (χ3v) is 3.64. The van der Waals surface area contributed by atoms with Gasteiger partial charge in [-0.1, -0.05) is 12.1 Å². The van der Waals surface area contributed by atoms with Gasteiger partial charge in [-0.15, -0.1) is 0 Å². The lowest BCUT2D eigenvalue weighted by Crippen LogP contribution is -2.07. The first-order valence-electron chi connectivity index (χ1n) is 6.24. The maximum Gasteiger partial charge on any atom is 0.172 e. The summed E-state index contributed by atoms with van der Waals surface area (Å²) in [5.41, 5.74) is 1.03. The van der Waals surface area contributed by atoms with E-state index in [1.807, 2.05) is 0 Å². The molecule has 21 heavy (non-hydrogen) atoms. The van der Waals surface area contributed by atoms with Gasteiger partial charge in [-0.3, -0.25) is 4.79 Å². The number of carbonyl (C=O) groups is 1. The van der Waals surface area contributed by atoms with Crippen LogP contribution in [-0.4, -0.2) is 20.0 Å². The van der Waals surface area contributed by atoms with Gasteiger partial charge in [0.25, 0.3) is 0 Å². The number of benzene rings is 2. The zero-order chi connectivity index (χ0) is 15.4. The first-order valence-corrected chi connectivity index (χ1v) is 7.03. The average Bonchev–Trinajstić information content (AvgIpc) is 2.45. The highest BCUT2D eigenvalue weighted by molar-refractivity contribution is 9.10. The molecule has 3 nitrogen and oxygen atoms in total. The number of halogens is 2. The lowest BCUT2D eigenvalue weighted by atomic mass is 10.0. The van der Waals surface area contributed by atoms with E-state index >= 15 is 0 Å². The molecule has 0 aromatic heterocycles. The highest BCUT2D eigenvalue weighted by Gasteiger charge is 2.18. The number of methoxy groups -OCH3 is 2. The van der Waals surface area contributed by atoms with Crippen molar-refractivity contribution in [1.82, 2.24) is 0 Å². The second-order valence-corrected chi connectivity index (χ2v) is 5.27. The number of ether oxygens (including phenoxy) is 2. The molecule has 0 bridgehead atoms. The van der Waals surface area contributed by atoms with E-state index in [0.717, 1.165) is 0 Å². The standard InChI is InChI=1S/C16H14BrFO3/c1-20-12-8-13(17)16(15(9-12)21-2)14(19)7-10-4-3-5-11(18)6-10/h3-6,8-9H,7H2,1-2H3. The topological polar surface area (TPSA) is 35.5 Å². The van der Waals surface area contributed by atoms with E-state index in [2.05, 4.69) is 15.9 Å². The van der Waals surface area contributed by atoms with Crippen molar-refractivity contribution in [1.29, 1.82) is 0 Å². The summed E-state index contributed by atoms with van der Waals surface area (Å²) in [5.74, 6) is 0.483. The van der Waals surface area contributed by atoms with Crippen molar-refractivity contribution in [3.8, 4) is 11.5 Å². The van der Waals surface area contributed by atoms with Gasteiger partial charge in [0.05, 0.1) is 19.8 Å². The van der Waals surface area contributed by atoms with Crippen LogP contribution in [0.1, 0.15) is 15.9 Å². The van der Waals surface area contributed by atoms with Gasteiger partial charge < -0.3 is 9.47 Å². The molecule has 0 aliphatic carbocycles. The quantitative estimate of drug-likeness (QED) is 0.762. The van der Waals surface area contributed by atoms with Crippen molar-refractivity contribution < 1.29 is 18.7 Å². The van der Waals surface area contributed by atoms with Crippen LogP contribution < -0.4 is 9.47 Å². The van der Waals surface area contributed by atoms with Crippen LogP contribution in [0.5, 0.6) is 11.5 Å². The zero-order valence-corrected chi connectivity index (χ0v) is 13.2. The summed E-state index contributed by atoms with van der Waals surface area (Å²) in [4.78, 5) is 12.5. The summed E-state index contributed by atoms with van der Waals surface area (Å²) < 4.78 is 24.1. The van der Waals surface area contributed by atoms with E-state index in [1.165, 1.54) is 26.4 Å². The number of rotatable bonds is 5. The Morgan fingerprint density at radius 1 is 1.19 bits per heavy atom. The first-order chi connectivity index (χ1) is 10.0. The monoisotopic (exact) mass is 352 g/mol. The summed E-state index contributed by atoms with van der Waals surface area (Å²) in [6.45, 7) is 0. The Bertz CT molecular complexity index is 671. The predicted octanol–water partition coefficient (Wildman–Crippen LogP) is 4.03. The van der Waals surface area contributed by atoms with Crippen LogP contribution in [0.2, 0.25) is 0 Å². The molecule has 0 N–H and O–H groups in total. The maximum atomic E-state index is 13.2. The van der Waals surface area contributed by atoms with Gasteiger partial charge in [0.1, 0.15) is 17.3 Å². The third kappa shape index (κ3) is 3.61. The predicted molar refractivity (Wildman–Crippen MR) is 81.7 cm³/mol. The average molecular weight is 353 g/mol. The molecule has 0 spiro atoms. The second-order valence-electron chi connectivity index (χ2n) is 4.42. The highest BCUT2D eigenvalue weighted by Crippen LogP contribution is 2.33. The van der Waals surface area contributed by atoms with Gasteiger partial charge in [0, 0.05) is 17.0 Å².